The Balaban J connectivity index is 1.84. The zero-order valence-corrected chi connectivity index (χ0v) is 12.1. The number of carbonyl (C=O) groups excluding carboxylic acids is 1. The van der Waals surface area contributed by atoms with Crippen molar-refractivity contribution in [3.8, 4) is 0 Å². The average Bonchev–Trinajstić information content (AvgIpc) is 3.07. The van der Waals surface area contributed by atoms with Gasteiger partial charge in [0.2, 0.25) is 0 Å². The molecule has 3 unspecified atom stereocenters. The fourth-order valence-electron chi connectivity index (χ4n) is 2.65. The summed E-state index contributed by atoms with van der Waals surface area (Å²) in [6, 6.07) is 0.0716. The molecule has 1 heterocycles. The Bertz CT molecular complexity index is 351. The first-order chi connectivity index (χ1) is 9.11. The van der Waals surface area contributed by atoms with Crippen LogP contribution in [0.1, 0.15) is 32.6 Å². The molecule has 1 aliphatic carbocycles. The summed E-state index contributed by atoms with van der Waals surface area (Å²) in [6.45, 7) is 2.81. The smallest absolute Gasteiger partial charge is 0.317 e. The van der Waals surface area contributed by atoms with Crippen LogP contribution in [-0.4, -0.2) is 52.1 Å². The first kappa shape index (κ1) is 14.5. The van der Waals surface area contributed by atoms with E-state index < -0.39 is 5.97 Å². The normalized spacial score (nSPS) is 29.9. The summed E-state index contributed by atoms with van der Waals surface area (Å²) in [5, 5.41) is 12.0. The molecule has 0 spiro atoms. The van der Waals surface area contributed by atoms with E-state index in [4.69, 9.17) is 5.11 Å². The number of thioether (sulfide) groups is 1. The van der Waals surface area contributed by atoms with Crippen LogP contribution in [0.5, 0.6) is 0 Å². The van der Waals surface area contributed by atoms with E-state index >= 15 is 0 Å². The van der Waals surface area contributed by atoms with Gasteiger partial charge in [0.05, 0.1) is 12.5 Å². The van der Waals surface area contributed by atoms with E-state index in [1.165, 1.54) is 6.42 Å². The van der Waals surface area contributed by atoms with Gasteiger partial charge in [0, 0.05) is 24.1 Å². The van der Waals surface area contributed by atoms with Gasteiger partial charge < -0.3 is 15.3 Å². The topological polar surface area (TPSA) is 69.6 Å². The SMILES string of the molecule is CCCC1CC1NC(=O)N1CCSCC1CC(=O)O. The predicted octanol–water partition coefficient (Wildman–Crippen LogP) is 1.78. The number of carbonyl (C=O) groups is 2. The van der Waals surface area contributed by atoms with Crippen molar-refractivity contribution in [2.75, 3.05) is 18.1 Å². The highest BCUT2D eigenvalue weighted by atomic mass is 32.2. The van der Waals surface area contributed by atoms with E-state index in [-0.39, 0.29) is 18.5 Å². The summed E-state index contributed by atoms with van der Waals surface area (Å²) < 4.78 is 0. The van der Waals surface area contributed by atoms with Crippen LogP contribution in [0, 0.1) is 5.92 Å². The zero-order valence-electron chi connectivity index (χ0n) is 11.3. The molecule has 2 aliphatic rings. The van der Waals surface area contributed by atoms with Gasteiger partial charge in [-0.1, -0.05) is 13.3 Å². The van der Waals surface area contributed by atoms with E-state index in [9.17, 15) is 9.59 Å². The maximum atomic E-state index is 12.2. The quantitative estimate of drug-likeness (QED) is 0.808. The molecule has 6 heteroatoms. The Labute approximate surface area is 118 Å². The van der Waals surface area contributed by atoms with Gasteiger partial charge in [-0.3, -0.25) is 4.79 Å². The molecule has 0 bridgehead atoms. The summed E-state index contributed by atoms with van der Waals surface area (Å²) in [5.41, 5.74) is 0. The third-order valence-corrected chi connectivity index (χ3v) is 4.88. The largest absolute Gasteiger partial charge is 0.481 e. The number of nitrogens with one attached hydrogen (secondary N) is 1. The Morgan fingerprint density at radius 3 is 2.95 bits per heavy atom. The number of nitrogens with zero attached hydrogens (tertiary/aromatic N) is 1. The number of rotatable bonds is 5. The first-order valence-corrected chi connectivity index (χ1v) is 8.14. The molecule has 1 saturated carbocycles. The van der Waals surface area contributed by atoms with Crippen LogP contribution >= 0.6 is 11.8 Å². The predicted molar refractivity (Wildman–Crippen MR) is 75.4 cm³/mol. The van der Waals surface area contributed by atoms with Gasteiger partial charge in [0.25, 0.3) is 0 Å². The van der Waals surface area contributed by atoms with E-state index in [0.29, 0.717) is 18.5 Å². The van der Waals surface area contributed by atoms with Crippen LogP contribution in [0.4, 0.5) is 4.79 Å². The minimum absolute atomic E-state index is 0.0451. The van der Waals surface area contributed by atoms with Crippen LogP contribution in [0.3, 0.4) is 0 Å². The highest BCUT2D eigenvalue weighted by molar-refractivity contribution is 7.99. The molecule has 19 heavy (non-hydrogen) atoms. The maximum Gasteiger partial charge on any atom is 0.317 e. The molecule has 2 amide bonds. The van der Waals surface area contributed by atoms with Crippen molar-refractivity contribution in [1.82, 2.24) is 10.2 Å². The van der Waals surface area contributed by atoms with Crippen molar-refractivity contribution >= 4 is 23.8 Å². The van der Waals surface area contributed by atoms with E-state index in [2.05, 4.69) is 12.2 Å². The summed E-state index contributed by atoms with van der Waals surface area (Å²) in [4.78, 5) is 24.8. The molecule has 0 aromatic heterocycles. The fourth-order valence-corrected chi connectivity index (χ4v) is 3.71. The Kier molecular flexibility index (Phi) is 4.96. The van der Waals surface area contributed by atoms with Crippen molar-refractivity contribution in [3.05, 3.63) is 0 Å². The highest BCUT2D eigenvalue weighted by Crippen LogP contribution is 2.34. The van der Waals surface area contributed by atoms with Crippen molar-refractivity contribution in [2.45, 2.75) is 44.7 Å². The van der Waals surface area contributed by atoms with Crippen LogP contribution < -0.4 is 5.32 Å². The Morgan fingerprint density at radius 1 is 1.47 bits per heavy atom. The maximum absolute atomic E-state index is 12.2. The fraction of sp³-hybridized carbons (Fsp3) is 0.846. The lowest BCUT2D eigenvalue weighted by molar-refractivity contribution is -0.137. The highest BCUT2D eigenvalue weighted by Gasteiger charge is 2.39. The second-order valence-corrected chi connectivity index (χ2v) is 6.51. The monoisotopic (exact) mass is 286 g/mol. The van der Waals surface area contributed by atoms with Gasteiger partial charge in [0.15, 0.2) is 0 Å². The second kappa shape index (κ2) is 6.50. The number of amides is 2. The minimum Gasteiger partial charge on any atom is -0.481 e. The molecule has 1 saturated heterocycles. The van der Waals surface area contributed by atoms with Crippen LogP contribution in [0.15, 0.2) is 0 Å². The van der Waals surface area contributed by atoms with Gasteiger partial charge in [0.1, 0.15) is 0 Å². The van der Waals surface area contributed by atoms with E-state index in [1.807, 2.05) is 0 Å². The molecule has 2 fully saturated rings. The molecule has 5 nitrogen and oxygen atoms in total. The van der Waals surface area contributed by atoms with Crippen LogP contribution in [-0.2, 0) is 4.79 Å². The van der Waals surface area contributed by atoms with Crippen LogP contribution in [0.2, 0.25) is 0 Å². The standard InChI is InChI=1S/C13H22N2O3S/c1-2-3-9-6-11(9)14-13(18)15-4-5-19-8-10(15)7-12(16)17/h9-11H,2-8H2,1H3,(H,14,18)(H,16,17). The molecule has 3 atom stereocenters. The average molecular weight is 286 g/mol. The Hall–Kier alpha value is -0.910. The molecule has 0 radical (unpaired) electrons. The van der Waals surface area contributed by atoms with Crippen LogP contribution in [0.25, 0.3) is 0 Å². The number of carboxylic acids is 1. The van der Waals surface area contributed by atoms with E-state index in [0.717, 1.165) is 24.3 Å². The lowest BCUT2D eigenvalue weighted by atomic mass is 10.2. The molecular weight excluding hydrogens is 264 g/mol. The Morgan fingerprint density at radius 2 is 2.26 bits per heavy atom. The van der Waals surface area contributed by atoms with Gasteiger partial charge >= 0.3 is 12.0 Å². The molecule has 0 aromatic carbocycles. The second-order valence-electron chi connectivity index (χ2n) is 5.36. The third kappa shape index (κ3) is 4.03. The minimum atomic E-state index is -0.833. The first-order valence-electron chi connectivity index (χ1n) is 6.98. The molecular formula is C13H22N2O3S. The number of hydrogen-bond acceptors (Lipinski definition) is 3. The molecule has 0 aromatic rings. The molecule has 2 N–H and O–H groups in total. The number of aliphatic carboxylic acids is 1. The van der Waals surface area contributed by atoms with Crippen molar-refractivity contribution in [1.29, 1.82) is 0 Å². The molecule has 2 rings (SSSR count). The van der Waals surface area contributed by atoms with Gasteiger partial charge in [-0.05, 0) is 18.8 Å². The van der Waals surface area contributed by atoms with Crippen molar-refractivity contribution in [3.63, 3.8) is 0 Å². The summed E-state index contributed by atoms with van der Waals surface area (Å²) in [6.07, 6.45) is 3.44. The zero-order chi connectivity index (χ0) is 13.8. The van der Waals surface area contributed by atoms with Gasteiger partial charge in [-0.25, -0.2) is 4.79 Å². The summed E-state index contributed by atoms with van der Waals surface area (Å²) in [7, 11) is 0. The van der Waals surface area contributed by atoms with Crippen molar-refractivity contribution in [2.24, 2.45) is 5.92 Å². The van der Waals surface area contributed by atoms with Crippen molar-refractivity contribution < 1.29 is 14.7 Å². The van der Waals surface area contributed by atoms with Gasteiger partial charge in [-0.2, -0.15) is 11.8 Å². The summed E-state index contributed by atoms with van der Waals surface area (Å²) in [5.74, 6) is 1.42. The molecule has 1 aliphatic heterocycles. The van der Waals surface area contributed by atoms with Gasteiger partial charge in [-0.15, -0.1) is 0 Å². The lowest BCUT2D eigenvalue weighted by Gasteiger charge is -2.34. The van der Waals surface area contributed by atoms with E-state index in [1.54, 1.807) is 16.7 Å². The number of carboxylic acid groups (broad SMARTS) is 1. The number of urea groups is 1. The lowest BCUT2D eigenvalue weighted by Crippen LogP contribution is -2.51. The molecule has 108 valence electrons. The third-order valence-electron chi connectivity index (χ3n) is 3.79. The number of hydrogen-bond donors (Lipinski definition) is 2. The summed E-state index contributed by atoms with van der Waals surface area (Å²) >= 11 is 1.72.